The molecule has 3 nitrogen and oxygen atoms in total. The maximum atomic E-state index is 13.4. The van der Waals surface area contributed by atoms with E-state index in [9.17, 15) is 18.7 Å². The Kier molecular flexibility index (Phi) is 3.76. The molecule has 1 rings (SSSR count). The third kappa shape index (κ3) is 2.32. The highest BCUT2D eigenvalue weighted by molar-refractivity contribution is 9.10. The number of hydrogen-bond donors (Lipinski definition) is 2. The zero-order valence-corrected chi connectivity index (χ0v) is 9.14. The Balaban J connectivity index is 3.32. The van der Waals surface area contributed by atoms with Gasteiger partial charge >= 0.3 is 0 Å². The second kappa shape index (κ2) is 4.67. The number of aromatic hydroxyl groups is 1. The van der Waals surface area contributed by atoms with E-state index in [4.69, 9.17) is 5.73 Å². The maximum Gasteiger partial charge on any atom is 0.170 e. The zero-order valence-electron chi connectivity index (χ0n) is 7.56. The van der Waals surface area contributed by atoms with Crippen LogP contribution in [0.15, 0.2) is 10.5 Å². The Bertz CT molecular complexity index is 383. The van der Waals surface area contributed by atoms with Gasteiger partial charge in [0.25, 0.3) is 0 Å². The lowest BCUT2D eigenvalue weighted by atomic mass is 10.1. The number of phenols is 1. The number of rotatable bonds is 3. The van der Waals surface area contributed by atoms with Gasteiger partial charge in [-0.15, -0.1) is 0 Å². The van der Waals surface area contributed by atoms with Gasteiger partial charge in [0.1, 0.15) is 0 Å². The van der Waals surface area contributed by atoms with Crippen LogP contribution in [0.1, 0.15) is 16.8 Å². The van der Waals surface area contributed by atoms with Crippen LogP contribution in [0.2, 0.25) is 0 Å². The molecule has 0 atom stereocenters. The Hall–Kier alpha value is -1.01. The molecule has 3 N–H and O–H groups in total. The number of phenolic OH excluding ortho intramolecular Hbond substituents is 1. The van der Waals surface area contributed by atoms with E-state index < -0.39 is 28.7 Å². The number of ketones is 1. The van der Waals surface area contributed by atoms with Gasteiger partial charge in [-0.05, 0) is 28.5 Å². The molecule has 0 aromatic heterocycles. The van der Waals surface area contributed by atoms with Gasteiger partial charge in [-0.2, -0.15) is 0 Å². The van der Waals surface area contributed by atoms with Crippen molar-refractivity contribution in [2.45, 2.75) is 6.42 Å². The molecule has 82 valence electrons. The smallest absolute Gasteiger partial charge is 0.170 e. The van der Waals surface area contributed by atoms with Gasteiger partial charge in [0, 0.05) is 6.42 Å². The average molecular weight is 280 g/mol. The van der Waals surface area contributed by atoms with Crippen LogP contribution in [0.25, 0.3) is 0 Å². The van der Waals surface area contributed by atoms with Crippen molar-refractivity contribution in [1.82, 2.24) is 0 Å². The first kappa shape index (κ1) is 12.1. The average Bonchev–Trinajstić information content (AvgIpc) is 2.16. The Morgan fingerprint density at radius 2 is 2.13 bits per heavy atom. The minimum atomic E-state index is -1.05. The van der Waals surface area contributed by atoms with Gasteiger partial charge in [0.2, 0.25) is 0 Å². The minimum absolute atomic E-state index is 0.00580. The predicted octanol–water partition coefficient (Wildman–Crippen LogP) is 1.96. The van der Waals surface area contributed by atoms with E-state index >= 15 is 0 Å². The molecule has 0 saturated carbocycles. The number of carbonyl (C=O) groups is 1. The molecule has 0 aliphatic rings. The fraction of sp³-hybridized carbons (Fsp3) is 0.222. The van der Waals surface area contributed by atoms with E-state index in [-0.39, 0.29) is 17.4 Å². The number of hydrogen-bond acceptors (Lipinski definition) is 3. The molecule has 0 bridgehead atoms. The number of carbonyl (C=O) groups excluding carboxylic acids is 1. The van der Waals surface area contributed by atoms with E-state index in [0.29, 0.717) is 0 Å². The lowest BCUT2D eigenvalue weighted by Gasteiger charge is -2.06. The Morgan fingerprint density at radius 3 is 2.67 bits per heavy atom. The lowest BCUT2D eigenvalue weighted by Crippen LogP contribution is -2.11. The van der Waals surface area contributed by atoms with Gasteiger partial charge in [0.05, 0.1) is 10.0 Å². The fourth-order valence-corrected chi connectivity index (χ4v) is 1.50. The third-order valence-electron chi connectivity index (χ3n) is 1.80. The number of halogens is 3. The normalized spacial score (nSPS) is 10.4. The molecule has 1 aromatic rings. The Labute approximate surface area is 93.0 Å². The van der Waals surface area contributed by atoms with Crippen molar-refractivity contribution in [2.24, 2.45) is 5.73 Å². The predicted molar refractivity (Wildman–Crippen MR) is 53.7 cm³/mol. The van der Waals surface area contributed by atoms with E-state index in [2.05, 4.69) is 15.9 Å². The van der Waals surface area contributed by atoms with Crippen LogP contribution < -0.4 is 5.73 Å². The maximum absolute atomic E-state index is 13.4. The highest BCUT2D eigenvalue weighted by atomic mass is 79.9. The lowest BCUT2D eigenvalue weighted by molar-refractivity contribution is 0.0977. The monoisotopic (exact) mass is 279 g/mol. The molecule has 0 aliphatic carbocycles. The molecule has 0 amide bonds. The molecule has 0 spiro atoms. The third-order valence-corrected chi connectivity index (χ3v) is 2.37. The first-order valence-electron chi connectivity index (χ1n) is 4.08. The molecule has 1 aromatic carbocycles. The topological polar surface area (TPSA) is 63.3 Å². The second-order valence-corrected chi connectivity index (χ2v) is 3.69. The SMILES string of the molecule is NCCC(=O)c1c(O)c(F)cc(Br)c1F. The summed E-state index contributed by atoms with van der Waals surface area (Å²) in [6.45, 7) is 0.00580. The molecule has 0 radical (unpaired) electrons. The Morgan fingerprint density at radius 1 is 1.53 bits per heavy atom. The standard InChI is InChI=1S/C9H8BrF2NO2/c10-4-3-5(11)9(15)7(8(4)12)6(14)1-2-13/h3,15H,1-2,13H2. The summed E-state index contributed by atoms with van der Waals surface area (Å²) in [6, 6.07) is 0.754. The molecule has 15 heavy (non-hydrogen) atoms. The molecule has 0 unspecified atom stereocenters. The van der Waals surface area contributed by atoms with Crippen LogP contribution >= 0.6 is 15.9 Å². The largest absolute Gasteiger partial charge is 0.504 e. The molecular formula is C9H8BrF2NO2. The molecule has 0 heterocycles. The van der Waals surface area contributed by atoms with E-state index in [1.54, 1.807) is 0 Å². The summed E-state index contributed by atoms with van der Waals surface area (Å²) in [5.41, 5.74) is 4.45. The van der Waals surface area contributed by atoms with Crippen molar-refractivity contribution >= 4 is 21.7 Å². The van der Waals surface area contributed by atoms with Gasteiger partial charge < -0.3 is 10.8 Å². The van der Waals surface area contributed by atoms with Crippen LogP contribution in [0.3, 0.4) is 0 Å². The number of Topliss-reactive ketones (excluding diaryl/α,β-unsaturated/α-hetero) is 1. The quantitative estimate of drug-likeness (QED) is 0.657. The van der Waals surface area contributed by atoms with Crippen LogP contribution in [0.4, 0.5) is 8.78 Å². The van der Waals surface area contributed by atoms with Gasteiger partial charge in [-0.1, -0.05) is 0 Å². The highest BCUT2D eigenvalue weighted by Gasteiger charge is 2.22. The van der Waals surface area contributed by atoms with E-state index in [1.165, 1.54) is 0 Å². The van der Waals surface area contributed by atoms with Crippen LogP contribution in [0.5, 0.6) is 5.75 Å². The van der Waals surface area contributed by atoms with E-state index in [0.717, 1.165) is 6.07 Å². The molecule has 0 saturated heterocycles. The zero-order chi connectivity index (χ0) is 11.6. The summed E-state index contributed by atoms with van der Waals surface area (Å²) < 4.78 is 26.2. The van der Waals surface area contributed by atoms with E-state index in [1.807, 2.05) is 0 Å². The first-order valence-corrected chi connectivity index (χ1v) is 4.88. The van der Waals surface area contributed by atoms with Crippen molar-refractivity contribution in [1.29, 1.82) is 0 Å². The summed E-state index contributed by atoms with van der Waals surface area (Å²) in [5.74, 6) is -3.74. The number of nitrogens with two attached hydrogens (primary N) is 1. The fourth-order valence-electron chi connectivity index (χ4n) is 1.10. The summed E-state index contributed by atoms with van der Waals surface area (Å²) in [6.07, 6.45) is -0.152. The molecule has 0 fully saturated rings. The molecule has 0 aliphatic heterocycles. The minimum Gasteiger partial charge on any atom is -0.504 e. The summed E-state index contributed by atoms with van der Waals surface area (Å²) in [5, 5.41) is 9.20. The van der Waals surface area contributed by atoms with Gasteiger partial charge in [0.15, 0.2) is 23.2 Å². The van der Waals surface area contributed by atoms with Crippen molar-refractivity contribution in [3.8, 4) is 5.75 Å². The van der Waals surface area contributed by atoms with Crippen molar-refractivity contribution in [3.63, 3.8) is 0 Å². The van der Waals surface area contributed by atoms with Crippen molar-refractivity contribution < 1.29 is 18.7 Å². The summed E-state index contributed by atoms with van der Waals surface area (Å²) in [7, 11) is 0. The van der Waals surface area contributed by atoms with Crippen LogP contribution in [-0.2, 0) is 0 Å². The first-order chi connectivity index (χ1) is 6.99. The van der Waals surface area contributed by atoms with Gasteiger partial charge in [-0.3, -0.25) is 4.79 Å². The molecule has 6 heteroatoms. The molecular weight excluding hydrogens is 272 g/mol. The second-order valence-electron chi connectivity index (χ2n) is 2.84. The van der Waals surface area contributed by atoms with Gasteiger partial charge in [-0.25, -0.2) is 8.78 Å². The highest BCUT2D eigenvalue weighted by Crippen LogP contribution is 2.30. The summed E-state index contributed by atoms with van der Waals surface area (Å²) >= 11 is 2.74. The van der Waals surface area contributed by atoms with Crippen LogP contribution in [0, 0.1) is 11.6 Å². The summed E-state index contributed by atoms with van der Waals surface area (Å²) in [4.78, 5) is 11.3. The van der Waals surface area contributed by atoms with Crippen LogP contribution in [-0.4, -0.2) is 17.4 Å². The van der Waals surface area contributed by atoms with Crippen molar-refractivity contribution in [3.05, 3.63) is 27.7 Å². The number of benzene rings is 1. The van der Waals surface area contributed by atoms with Crippen molar-refractivity contribution in [2.75, 3.05) is 6.54 Å².